The first kappa shape index (κ1) is 25.1. The van der Waals surface area contributed by atoms with E-state index in [1.165, 1.54) is 0 Å². The van der Waals surface area contributed by atoms with Gasteiger partial charge in [0.15, 0.2) is 5.82 Å². The Hall–Kier alpha value is -4.59. The summed E-state index contributed by atoms with van der Waals surface area (Å²) in [5, 5.41) is 3.84. The molecular formula is C30H29N5O3. The summed E-state index contributed by atoms with van der Waals surface area (Å²) < 4.78 is 6.35. The normalized spacial score (nSPS) is 11.1. The first-order chi connectivity index (χ1) is 18.5. The van der Waals surface area contributed by atoms with Crippen LogP contribution in [0.5, 0.6) is 0 Å². The molecule has 8 nitrogen and oxygen atoms in total. The summed E-state index contributed by atoms with van der Waals surface area (Å²) in [4.78, 5) is 37.0. The predicted octanol–water partition coefficient (Wildman–Crippen LogP) is 5.27. The van der Waals surface area contributed by atoms with Gasteiger partial charge in [-0.15, -0.1) is 0 Å². The van der Waals surface area contributed by atoms with E-state index in [4.69, 9.17) is 9.51 Å². The standard InChI is InChI=1S/C30H29N5O3/c1-3-4-5-12-27-26(29(36)35(20(2)32-27)23-9-8-17-31-19-23)18-21-13-15-22(16-14-21)24-10-6-7-11-25(24)28-33-30(37)38-34-28/h6-11,13-17,19H,3-5,12,18H2,1-2H3,(H,33,34,37). The van der Waals surface area contributed by atoms with Crippen LogP contribution in [-0.2, 0) is 12.8 Å². The van der Waals surface area contributed by atoms with E-state index in [1.807, 2.05) is 67.6 Å². The highest BCUT2D eigenvalue weighted by Crippen LogP contribution is 2.30. The van der Waals surface area contributed by atoms with Gasteiger partial charge in [-0.3, -0.25) is 23.9 Å². The summed E-state index contributed by atoms with van der Waals surface area (Å²) in [5.74, 6) is 0.452. The SMILES string of the molecule is CCCCCc1nc(C)n(-c2cccnc2)c(=O)c1Cc1ccc(-c2ccccc2-c2noc(=O)[nH]2)cc1. The molecule has 0 amide bonds. The number of nitrogens with one attached hydrogen (secondary N) is 1. The van der Waals surface area contributed by atoms with Crippen molar-refractivity contribution in [2.24, 2.45) is 0 Å². The van der Waals surface area contributed by atoms with Crippen molar-refractivity contribution in [2.45, 2.75) is 46.0 Å². The lowest BCUT2D eigenvalue weighted by molar-refractivity contribution is 0.388. The number of aromatic nitrogens is 5. The molecule has 0 aliphatic heterocycles. The van der Waals surface area contributed by atoms with Crippen molar-refractivity contribution in [2.75, 3.05) is 0 Å². The highest BCUT2D eigenvalue weighted by molar-refractivity contribution is 5.80. The van der Waals surface area contributed by atoms with Crippen molar-refractivity contribution in [3.8, 4) is 28.2 Å². The number of unbranched alkanes of at least 4 members (excludes halogenated alkanes) is 2. The molecule has 0 aliphatic rings. The lowest BCUT2D eigenvalue weighted by Crippen LogP contribution is -2.28. The Kier molecular flexibility index (Phi) is 7.40. The number of pyridine rings is 1. The molecule has 0 saturated carbocycles. The number of aromatic amines is 1. The molecule has 0 saturated heterocycles. The number of hydrogen-bond acceptors (Lipinski definition) is 6. The molecule has 0 bridgehead atoms. The minimum absolute atomic E-state index is 0.0543. The average molecular weight is 508 g/mol. The zero-order chi connectivity index (χ0) is 26.5. The Morgan fingerprint density at radius 1 is 0.947 bits per heavy atom. The maximum Gasteiger partial charge on any atom is 0.439 e. The highest BCUT2D eigenvalue weighted by atomic mass is 16.5. The highest BCUT2D eigenvalue weighted by Gasteiger charge is 2.17. The van der Waals surface area contributed by atoms with E-state index < -0.39 is 5.76 Å². The van der Waals surface area contributed by atoms with Gasteiger partial charge in [0, 0.05) is 23.7 Å². The minimum atomic E-state index is -0.594. The van der Waals surface area contributed by atoms with Crippen LogP contribution in [0.15, 0.2) is 87.2 Å². The molecule has 3 aromatic heterocycles. The van der Waals surface area contributed by atoms with Crippen molar-refractivity contribution in [1.82, 2.24) is 24.7 Å². The van der Waals surface area contributed by atoms with Crippen LogP contribution in [0.4, 0.5) is 0 Å². The second-order valence-corrected chi connectivity index (χ2v) is 9.26. The summed E-state index contributed by atoms with van der Waals surface area (Å²) in [6.45, 7) is 4.04. The topological polar surface area (TPSA) is 107 Å². The molecule has 1 N–H and O–H groups in total. The van der Waals surface area contributed by atoms with E-state index in [0.717, 1.165) is 53.6 Å². The van der Waals surface area contributed by atoms with Crippen LogP contribution in [0.1, 0.15) is 48.8 Å². The molecule has 0 atom stereocenters. The molecule has 3 heterocycles. The molecule has 0 fully saturated rings. The Morgan fingerprint density at radius 3 is 2.42 bits per heavy atom. The fourth-order valence-corrected chi connectivity index (χ4v) is 4.73. The van der Waals surface area contributed by atoms with Crippen LogP contribution in [0.2, 0.25) is 0 Å². The number of aryl methyl sites for hydroxylation is 2. The molecule has 8 heteroatoms. The second-order valence-electron chi connectivity index (χ2n) is 9.26. The predicted molar refractivity (Wildman–Crippen MR) is 146 cm³/mol. The van der Waals surface area contributed by atoms with Gasteiger partial charge in [-0.05, 0) is 48.6 Å². The molecular weight excluding hydrogens is 478 g/mol. The summed E-state index contributed by atoms with van der Waals surface area (Å²) >= 11 is 0. The molecule has 0 aliphatic carbocycles. The molecule has 5 rings (SSSR count). The first-order valence-electron chi connectivity index (χ1n) is 12.8. The van der Waals surface area contributed by atoms with E-state index in [0.29, 0.717) is 29.3 Å². The minimum Gasteiger partial charge on any atom is -0.296 e. The van der Waals surface area contributed by atoms with Crippen LogP contribution in [0, 0.1) is 6.92 Å². The molecule has 5 aromatic rings. The Bertz CT molecular complexity index is 1650. The van der Waals surface area contributed by atoms with Crippen LogP contribution in [0.3, 0.4) is 0 Å². The van der Waals surface area contributed by atoms with Crippen molar-refractivity contribution in [3.05, 3.63) is 117 Å². The van der Waals surface area contributed by atoms with Crippen molar-refractivity contribution in [3.63, 3.8) is 0 Å². The third kappa shape index (κ3) is 5.25. The van der Waals surface area contributed by atoms with Crippen molar-refractivity contribution in [1.29, 1.82) is 0 Å². The number of rotatable bonds is 9. The fourth-order valence-electron chi connectivity index (χ4n) is 4.73. The van der Waals surface area contributed by atoms with Crippen LogP contribution >= 0.6 is 0 Å². The molecule has 192 valence electrons. The van der Waals surface area contributed by atoms with Gasteiger partial charge in [-0.25, -0.2) is 9.78 Å². The van der Waals surface area contributed by atoms with E-state index in [2.05, 4.69) is 22.0 Å². The summed E-state index contributed by atoms with van der Waals surface area (Å²) in [5.41, 5.74) is 5.90. The smallest absolute Gasteiger partial charge is 0.296 e. The second kappa shape index (κ2) is 11.2. The fraction of sp³-hybridized carbons (Fsp3) is 0.233. The third-order valence-electron chi connectivity index (χ3n) is 6.62. The maximum absolute atomic E-state index is 13.8. The Labute approximate surface area is 220 Å². The molecule has 0 unspecified atom stereocenters. The summed E-state index contributed by atoms with van der Waals surface area (Å²) in [7, 11) is 0. The largest absolute Gasteiger partial charge is 0.439 e. The number of nitrogens with zero attached hydrogens (tertiary/aromatic N) is 4. The Balaban J connectivity index is 1.50. The lowest BCUT2D eigenvalue weighted by atomic mass is 9.96. The van der Waals surface area contributed by atoms with Gasteiger partial charge in [0.2, 0.25) is 0 Å². The van der Waals surface area contributed by atoms with Gasteiger partial charge in [0.25, 0.3) is 5.56 Å². The van der Waals surface area contributed by atoms with Crippen molar-refractivity contribution < 1.29 is 4.52 Å². The Morgan fingerprint density at radius 2 is 1.74 bits per heavy atom. The van der Waals surface area contributed by atoms with Gasteiger partial charge >= 0.3 is 5.76 Å². The molecule has 2 aromatic carbocycles. The lowest BCUT2D eigenvalue weighted by Gasteiger charge is -2.16. The van der Waals surface area contributed by atoms with Crippen LogP contribution in [-0.4, -0.2) is 24.7 Å². The van der Waals surface area contributed by atoms with E-state index in [9.17, 15) is 9.59 Å². The number of hydrogen-bond donors (Lipinski definition) is 1. The van der Waals surface area contributed by atoms with Gasteiger partial charge in [0.05, 0.1) is 17.6 Å². The van der Waals surface area contributed by atoms with Gasteiger partial charge < -0.3 is 0 Å². The quantitative estimate of drug-likeness (QED) is 0.272. The third-order valence-corrected chi connectivity index (χ3v) is 6.62. The zero-order valence-corrected chi connectivity index (χ0v) is 21.5. The van der Waals surface area contributed by atoms with Gasteiger partial charge in [0.1, 0.15) is 5.82 Å². The first-order valence-corrected chi connectivity index (χ1v) is 12.8. The van der Waals surface area contributed by atoms with E-state index in [-0.39, 0.29) is 5.56 Å². The van der Waals surface area contributed by atoms with Gasteiger partial charge in [-0.1, -0.05) is 73.5 Å². The van der Waals surface area contributed by atoms with Crippen LogP contribution < -0.4 is 11.3 Å². The van der Waals surface area contributed by atoms with Gasteiger partial charge in [-0.2, -0.15) is 0 Å². The van der Waals surface area contributed by atoms with E-state index >= 15 is 0 Å². The summed E-state index contributed by atoms with van der Waals surface area (Å²) in [6.07, 6.45) is 7.82. The van der Waals surface area contributed by atoms with Crippen LogP contribution in [0.25, 0.3) is 28.2 Å². The van der Waals surface area contributed by atoms with Crippen molar-refractivity contribution >= 4 is 0 Å². The molecule has 38 heavy (non-hydrogen) atoms. The summed E-state index contributed by atoms with van der Waals surface area (Å²) in [6, 6.07) is 19.5. The molecule has 0 spiro atoms. The monoisotopic (exact) mass is 507 g/mol. The van der Waals surface area contributed by atoms with E-state index in [1.54, 1.807) is 17.0 Å². The zero-order valence-electron chi connectivity index (χ0n) is 21.5. The number of H-pyrrole nitrogens is 1. The maximum atomic E-state index is 13.8. The number of benzene rings is 2. The molecule has 0 radical (unpaired) electrons. The average Bonchev–Trinajstić information content (AvgIpc) is 3.38.